The third-order valence-corrected chi connectivity index (χ3v) is 4.37. The van der Waals surface area contributed by atoms with Crippen LogP contribution in [0, 0.1) is 0 Å². The van der Waals surface area contributed by atoms with Gasteiger partial charge in [-0.05, 0) is 35.4 Å². The molecular weight excluding hydrogens is 326 g/mol. The van der Waals surface area contributed by atoms with Crippen molar-refractivity contribution >= 4 is 22.1 Å². The van der Waals surface area contributed by atoms with Crippen LogP contribution in [0.25, 0.3) is 44.7 Å². The number of rotatable bonds is 2. The van der Waals surface area contributed by atoms with Gasteiger partial charge in [0.25, 0.3) is 0 Å². The molecule has 0 radical (unpaired) electrons. The van der Waals surface area contributed by atoms with E-state index in [-0.39, 0.29) is 5.89 Å². The van der Waals surface area contributed by atoms with Crippen molar-refractivity contribution in [2.45, 2.75) is 0 Å². The summed E-state index contributed by atoms with van der Waals surface area (Å²) in [5.41, 5.74) is 3.89. The van der Waals surface area contributed by atoms with Gasteiger partial charge in [0, 0.05) is 5.39 Å². The Hall–Kier alpha value is -3.66. The molecule has 5 rings (SSSR count). The van der Waals surface area contributed by atoms with Crippen LogP contribution >= 0.6 is 0 Å². The van der Waals surface area contributed by atoms with E-state index in [2.05, 4.69) is 4.98 Å². The van der Waals surface area contributed by atoms with E-state index in [4.69, 9.17) is 8.83 Å². The number of hydrogen-bond donors (Lipinski definition) is 0. The van der Waals surface area contributed by atoms with Gasteiger partial charge in [-0.1, -0.05) is 54.6 Å². The number of benzene rings is 3. The Labute approximate surface area is 148 Å². The third-order valence-electron chi connectivity index (χ3n) is 4.37. The Balaban J connectivity index is 1.66. The van der Waals surface area contributed by atoms with Crippen LogP contribution in [-0.2, 0) is 0 Å². The maximum absolute atomic E-state index is 12.3. The van der Waals surface area contributed by atoms with Crippen molar-refractivity contribution in [3.8, 4) is 22.6 Å². The lowest BCUT2D eigenvalue weighted by atomic mass is 10.1. The number of nitrogens with zero attached hydrogens (tertiary/aromatic N) is 1. The molecule has 0 spiro atoms. The van der Waals surface area contributed by atoms with Crippen molar-refractivity contribution in [3.63, 3.8) is 0 Å². The third kappa shape index (κ3) is 2.40. The summed E-state index contributed by atoms with van der Waals surface area (Å²) in [5, 5.41) is 0.828. The summed E-state index contributed by atoms with van der Waals surface area (Å²) in [6, 6.07) is 25.0. The summed E-state index contributed by atoms with van der Waals surface area (Å²) in [4.78, 5) is 16.8. The lowest BCUT2D eigenvalue weighted by Gasteiger charge is -1.99. The van der Waals surface area contributed by atoms with E-state index in [1.165, 1.54) is 0 Å². The molecule has 0 amide bonds. The molecule has 0 atom stereocenters. The SMILES string of the molecule is O=c1oc2ccccc2cc1-c1nc2cc(-c3ccccc3)ccc2o1. The molecule has 4 heteroatoms. The fourth-order valence-corrected chi connectivity index (χ4v) is 3.06. The normalized spacial score (nSPS) is 11.2. The second-order valence-electron chi connectivity index (χ2n) is 6.05. The molecule has 0 aliphatic rings. The second kappa shape index (κ2) is 5.70. The van der Waals surface area contributed by atoms with E-state index in [0.29, 0.717) is 22.2 Å². The van der Waals surface area contributed by atoms with E-state index < -0.39 is 5.63 Å². The molecule has 0 saturated heterocycles. The number of hydrogen-bond acceptors (Lipinski definition) is 4. The first-order valence-electron chi connectivity index (χ1n) is 8.27. The Kier molecular flexibility index (Phi) is 3.22. The maximum Gasteiger partial charge on any atom is 0.349 e. The topological polar surface area (TPSA) is 56.2 Å². The van der Waals surface area contributed by atoms with Gasteiger partial charge in [0.2, 0.25) is 5.89 Å². The average molecular weight is 339 g/mol. The molecular formula is C22H13NO3. The molecule has 26 heavy (non-hydrogen) atoms. The summed E-state index contributed by atoms with van der Waals surface area (Å²) >= 11 is 0. The number of para-hydroxylation sites is 1. The van der Waals surface area contributed by atoms with Gasteiger partial charge in [-0.3, -0.25) is 0 Å². The van der Waals surface area contributed by atoms with Crippen molar-refractivity contribution < 1.29 is 8.83 Å². The van der Waals surface area contributed by atoms with E-state index >= 15 is 0 Å². The van der Waals surface area contributed by atoms with Gasteiger partial charge in [-0.25, -0.2) is 9.78 Å². The number of fused-ring (bicyclic) bond motifs is 2. The Morgan fingerprint density at radius 2 is 1.50 bits per heavy atom. The first-order valence-corrected chi connectivity index (χ1v) is 8.27. The van der Waals surface area contributed by atoms with Crippen molar-refractivity contribution in [1.29, 1.82) is 0 Å². The quantitative estimate of drug-likeness (QED) is 0.411. The molecule has 0 aliphatic carbocycles. The zero-order valence-corrected chi connectivity index (χ0v) is 13.7. The zero-order chi connectivity index (χ0) is 17.5. The summed E-state index contributed by atoms with van der Waals surface area (Å²) in [7, 11) is 0. The molecule has 0 aliphatic heterocycles. The largest absolute Gasteiger partial charge is 0.436 e. The van der Waals surface area contributed by atoms with Gasteiger partial charge in [-0.15, -0.1) is 0 Å². The fraction of sp³-hybridized carbons (Fsp3) is 0. The van der Waals surface area contributed by atoms with Gasteiger partial charge < -0.3 is 8.83 Å². The number of oxazole rings is 1. The predicted octanol–water partition coefficient (Wildman–Crippen LogP) is 5.27. The summed E-state index contributed by atoms with van der Waals surface area (Å²) in [6.07, 6.45) is 0. The molecule has 5 aromatic rings. The minimum absolute atomic E-state index is 0.268. The molecule has 3 aromatic carbocycles. The van der Waals surface area contributed by atoms with Crippen LogP contribution in [0.15, 0.2) is 92.5 Å². The highest BCUT2D eigenvalue weighted by atomic mass is 16.4. The molecule has 0 saturated carbocycles. The van der Waals surface area contributed by atoms with Crippen LogP contribution in [0.5, 0.6) is 0 Å². The van der Waals surface area contributed by atoms with Gasteiger partial charge in [0.05, 0.1) is 0 Å². The van der Waals surface area contributed by atoms with Gasteiger partial charge in [0.1, 0.15) is 16.7 Å². The predicted molar refractivity (Wildman–Crippen MR) is 101 cm³/mol. The summed E-state index contributed by atoms with van der Waals surface area (Å²) in [6.45, 7) is 0. The van der Waals surface area contributed by atoms with Crippen molar-refractivity contribution in [3.05, 3.63) is 89.3 Å². The van der Waals surface area contributed by atoms with Crippen LogP contribution in [-0.4, -0.2) is 4.98 Å². The van der Waals surface area contributed by atoms with E-state index in [1.54, 1.807) is 12.1 Å². The minimum atomic E-state index is -0.460. The smallest absolute Gasteiger partial charge is 0.349 e. The first-order chi connectivity index (χ1) is 12.8. The van der Waals surface area contributed by atoms with Crippen molar-refractivity contribution in [2.75, 3.05) is 0 Å². The van der Waals surface area contributed by atoms with Crippen LogP contribution in [0.1, 0.15) is 0 Å². The molecule has 0 N–H and O–H groups in total. The van der Waals surface area contributed by atoms with Gasteiger partial charge in [0.15, 0.2) is 5.58 Å². The van der Waals surface area contributed by atoms with Crippen molar-refractivity contribution in [2.24, 2.45) is 0 Å². The summed E-state index contributed by atoms with van der Waals surface area (Å²) in [5.74, 6) is 0.268. The number of aromatic nitrogens is 1. The van der Waals surface area contributed by atoms with E-state index in [1.807, 2.05) is 66.7 Å². The molecule has 2 aromatic heterocycles. The van der Waals surface area contributed by atoms with Crippen LogP contribution in [0.3, 0.4) is 0 Å². The molecule has 0 bridgehead atoms. The lowest BCUT2D eigenvalue weighted by molar-refractivity contribution is 0.553. The molecule has 0 fully saturated rings. The Morgan fingerprint density at radius 1 is 0.692 bits per heavy atom. The molecule has 124 valence electrons. The Morgan fingerprint density at radius 3 is 2.38 bits per heavy atom. The van der Waals surface area contributed by atoms with Gasteiger partial charge >= 0.3 is 5.63 Å². The lowest BCUT2D eigenvalue weighted by Crippen LogP contribution is -2.02. The second-order valence-corrected chi connectivity index (χ2v) is 6.05. The van der Waals surface area contributed by atoms with Crippen LogP contribution in [0.4, 0.5) is 0 Å². The molecule has 0 unspecified atom stereocenters. The Bertz CT molecular complexity index is 1300. The first kappa shape index (κ1) is 14.7. The summed E-state index contributed by atoms with van der Waals surface area (Å²) < 4.78 is 11.2. The van der Waals surface area contributed by atoms with Crippen LogP contribution < -0.4 is 5.63 Å². The maximum atomic E-state index is 12.3. The highest BCUT2D eigenvalue weighted by Gasteiger charge is 2.15. The average Bonchev–Trinajstić information content (AvgIpc) is 3.11. The zero-order valence-electron chi connectivity index (χ0n) is 13.7. The minimum Gasteiger partial charge on any atom is -0.436 e. The standard InChI is InChI=1S/C22H13NO3/c24-22-17(12-16-8-4-5-9-19(16)26-22)21-23-18-13-15(10-11-20(18)25-21)14-6-2-1-3-7-14/h1-13H. The van der Waals surface area contributed by atoms with Crippen LogP contribution in [0.2, 0.25) is 0 Å². The molecule has 4 nitrogen and oxygen atoms in total. The monoisotopic (exact) mass is 339 g/mol. The van der Waals surface area contributed by atoms with Gasteiger partial charge in [-0.2, -0.15) is 0 Å². The van der Waals surface area contributed by atoms with E-state index in [9.17, 15) is 4.79 Å². The molecule has 2 heterocycles. The van der Waals surface area contributed by atoms with Crippen molar-refractivity contribution in [1.82, 2.24) is 4.98 Å². The highest BCUT2D eigenvalue weighted by molar-refractivity contribution is 5.84. The van der Waals surface area contributed by atoms with E-state index in [0.717, 1.165) is 16.5 Å². The fourth-order valence-electron chi connectivity index (χ4n) is 3.06. The highest BCUT2D eigenvalue weighted by Crippen LogP contribution is 2.28.